The second kappa shape index (κ2) is 6.50. The quantitative estimate of drug-likeness (QED) is 0.907. The van der Waals surface area contributed by atoms with Gasteiger partial charge in [0.25, 0.3) is 5.91 Å². The molecule has 0 radical (unpaired) electrons. The van der Waals surface area contributed by atoms with Crippen LogP contribution in [0, 0.1) is 5.41 Å². The van der Waals surface area contributed by atoms with Gasteiger partial charge in [-0.3, -0.25) is 14.3 Å². The molecule has 6 heteroatoms. The molecule has 1 N–H and O–H groups in total. The number of aromatic nitrogens is 2. The predicted molar refractivity (Wildman–Crippen MR) is 82.7 cm³/mol. The minimum absolute atomic E-state index is 0.117. The van der Waals surface area contributed by atoms with Gasteiger partial charge in [-0.25, -0.2) is 0 Å². The zero-order valence-corrected chi connectivity index (χ0v) is 13.6. The van der Waals surface area contributed by atoms with Gasteiger partial charge < -0.3 is 10.0 Å². The van der Waals surface area contributed by atoms with Gasteiger partial charge in [0, 0.05) is 25.3 Å². The summed E-state index contributed by atoms with van der Waals surface area (Å²) in [4.78, 5) is 26.0. The molecule has 2 heterocycles. The van der Waals surface area contributed by atoms with Crippen LogP contribution in [-0.2, 0) is 4.79 Å². The average molecular weight is 307 g/mol. The summed E-state index contributed by atoms with van der Waals surface area (Å²) in [5, 5.41) is 13.8. The fraction of sp³-hybridized carbons (Fsp3) is 0.688. The summed E-state index contributed by atoms with van der Waals surface area (Å²) in [6.07, 6.45) is 6.10. The van der Waals surface area contributed by atoms with Gasteiger partial charge >= 0.3 is 5.97 Å². The van der Waals surface area contributed by atoms with E-state index in [0.717, 1.165) is 12.8 Å². The van der Waals surface area contributed by atoms with Gasteiger partial charge in [-0.1, -0.05) is 13.3 Å². The molecular weight excluding hydrogens is 282 g/mol. The van der Waals surface area contributed by atoms with Crippen LogP contribution in [-0.4, -0.2) is 44.8 Å². The maximum absolute atomic E-state index is 12.6. The smallest absolute Gasteiger partial charge is 0.311 e. The number of carboxylic acids is 1. The van der Waals surface area contributed by atoms with Gasteiger partial charge in [0.15, 0.2) is 0 Å². The number of carboxylic acid groups (broad SMARTS) is 1. The van der Waals surface area contributed by atoms with Crippen molar-refractivity contribution >= 4 is 11.9 Å². The molecule has 1 aromatic rings. The highest BCUT2D eigenvalue weighted by atomic mass is 16.4. The number of aliphatic carboxylic acids is 1. The van der Waals surface area contributed by atoms with Gasteiger partial charge in [-0.05, 0) is 33.1 Å². The van der Waals surface area contributed by atoms with Gasteiger partial charge in [-0.2, -0.15) is 5.10 Å². The van der Waals surface area contributed by atoms with E-state index in [-0.39, 0.29) is 11.9 Å². The molecule has 6 nitrogen and oxygen atoms in total. The summed E-state index contributed by atoms with van der Waals surface area (Å²) >= 11 is 0. The molecule has 122 valence electrons. The van der Waals surface area contributed by atoms with Crippen LogP contribution in [0.5, 0.6) is 0 Å². The van der Waals surface area contributed by atoms with E-state index in [1.807, 2.05) is 20.8 Å². The first-order valence-corrected chi connectivity index (χ1v) is 7.96. The average Bonchev–Trinajstić information content (AvgIpc) is 2.97. The van der Waals surface area contributed by atoms with E-state index < -0.39 is 11.4 Å². The molecule has 1 aromatic heterocycles. The van der Waals surface area contributed by atoms with Crippen LogP contribution >= 0.6 is 0 Å². The van der Waals surface area contributed by atoms with Crippen molar-refractivity contribution in [2.45, 2.75) is 52.5 Å². The first-order chi connectivity index (χ1) is 10.4. The van der Waals surface area contributed by atoms with Crippen LogP contribution in [0.2, 0.25) is 0 Å². The Hall–Kier alpha value is -1.85. The maximum atomic E-state index is 12.6. The lowest BCUT2D eigenvalue weighted by Gasteiger charge is -2.39. The minimum atomic E-state index is -0.795. The molecule has 0 spiro atoms. The van der Waals surface area contributed by atoms with E-state index in [1.54, 1.807) is 22.0 Å². The summed E-state index contributed by atoms with van der Waals surface area (Å²) in [6.45, 7) is 6.89. The van der Waals surface area contributed by atoms with Crippen LogP contribution in [0.15, 0.2) is 12.4 Å². The Labute approximate surface area is 131 Å². The molecule has 1 aliphatic heterocycles. The third kappa shape index (κ3) is 3.15. The van der Waals surface area contributed by atoms with E-state index in [1.165, 1.54) is 0 Å². The highest BCUT2D eigenvalue weighted by molar-refractivity contribution is 5.94. The van der Waals surface area contributed by atoms with E-state index in [4.69, 9.17) is 0 Å². The summed E-state index contributed by atoms with van der Waals surface area (Å²) in [7, 11) is 0. The zero-order valence-electron chi connectivity index (χ0n) is 13.6. The van der Waals surface area contributed by atoms with Crippen molar-refractivity contribution in [2.24, 2.45) is 5.41 Å². The number of nitrogens with zero attached hydrogens (tertiary/aromatic N) is 3. The number of carbonyl (C=O) groups excluding carboxylic acids is 1. The standard InChI is InChI=1S/C16H25N3O3/c1-4-6-16(15(21)22)7-5-8-18(11-16)14(20)13-9-17-19(10-13)12(2)3/h9-10,12H,4-8,11H2,1-3H3,(H,21,22)/t16-/m1/s1. The van der Waals surface area contributed by atoms with Gasteiger partial charge in [-0.15, -0.1) is 0 Å². The van der Waals surface area contributed by atoms with Crippen molar-refractivity contribution in [2.75, 3.05) is 13.1 Å². The largest absolute Gasteiger partial charge is 0.481 e. The van der Waals surface area contributed by atoms with E-state index in [9.17, 15) is 14.7 Å². The molecule has 1 atom stereocenters. The Bertz CT molecular complexity index is 549. The molecule has 0 aliphatic carbocycles. The normalized spacial score (nSPS) is 22.1. The molecular formula is C16H25N3O3. The topological polar surface area (TPSA) is 75.4 Å². The third-order valence-corrected chi connectivity index (χ3v) is 4.42. The van der Waals surface area contributed by atoms with Gasteiger partial charge in [0.1, 0.15) is 0 Å². The third-order valence-electron chi connectivity index (χ3n) is 4.42. The second-order valence-electron chi connectivity index (χ2n) is 6.47. The molecule has 1 saturated heterocycles. The number of hydrogen-bond acceptors (Lipinski definition) is 3. The van der Waals surface area contributed by atoms with Crippen molar-refractivity contribution in [3.8, 4) is 0 Å². The van der Waals surface area contributed by atoms with Crippen molar-refractivity contribution < 1.29 is 14.7 Å². The molecule has 0 saturated carbocycles. The SMILES string of the molecule is CCC[C@@]1(C(=O)O)CCCN(C(=O)c2cnn(C(C)C)c2)C1. The monoisotopic (exact) mass is 307 g/mol. The number of piperidine rings is 1. The van der Waals surface area contributed by atoms with Crippen LogP contribution in [0.3, 0.4) is 0 Å². The van der Waals surface area contributed by atoms with Gasteiger partial charge in [0.05, 0.1) is 17.2 Å². The van der Waals surface area contributed by atoms with Crippen molar-refractivity contribution in [3.05, 3.63) is 18.0 Å². The summed E-state index contributed by atoms with van der Waals surface area (Å²) in [5.74, 6) is -0.905. The fourth-order valence-corrected chi connectivity index (χ4v) is 3.18. The highest BCUT2D eigenvalue weighted by Gasteiger charge is 2.43. The molecule has 2 rings (SSSR count). The molecule has 22 heavy (non-hydrogen) atoms. The summed E-state index contributed by atoms with van der Waals surface area (Å²) in [6, 6.07) is 0.195. The lowest BCUT2D eigenvalue weighted by Crippen LogP contribution is -2.49. The van der Waals surface area contributed by atoms with E-state index >= 15 is 0 Å². The first-order valence-electron chi connectivity index (χ1n) is 7.96. The number of carbonyl (C=O) groups is 2. The molecule has 0 aromatic carbocycles. The second-order valence-corrected chi connectivity index (χ2v) is 6.47. The minimum Gasteiger partial charge on any atom is -0.481 e. The van der Waals surface area contributed by atoms with Crippen molar-refractivity contribution in [1.29, 1.82) is 0 Å². The number of likely N-dealkylation sites (tertiary alicyclic amines) is 1. The summed E-state index contributed by atoms with van der Waals surface area (Å²) < 4.78 is 1.74. The molecule has 1 fully saturated rings. The summed E-state index contributed by atoms with van der Waals surface area (Å²) in [5.41, 5.74) is -0.261. The maximum Gasteiger partial charge on any atom is 0.311 e. The fourth-order valence-electron chi connectivity index (χ4n) is 3.18. The van der Waals surface area contributed by atoms with Crippen LogP contribution in [0.1, 0.15) is 62.9 Å². The zero-order chi connectivity index (χ0) is 16.3. The van der Waals surface area contributed by atoms with Crippen LogP contribution in [0.25, 0.3) is 0 Å². The Kier molecular flexibility index (Phi) is 4.88. The van der Waals surface area contributed by atoms with E-state index in [0.29, 0.717) is 31.5 Å². The molecule has 1 amide bonds. The van der Waals surface area contributed by atoms with E-state index in [2.05, 4.69) is 5.10 Å². The highest BCUT2D eigenvalue weighted by Crippen LogP contribution is 2.35. The molecule has 0 bridgehead atoms. The number of amides is 1. The Balaban J connectivity index is 2.17. The first kappa shape index (κ1) is 16.5. The van der Waals surface area contributed by atoms with Crippen molar-refractivity contribution in [1.82, 2.24) is 14.7 Å². The van der Waals surface area contributed by atoms with Crippen LogP contribution < -0.4 is 0 Å². The Morgan fingerprint density at radius 1 is 1.45 bits per heavy atom. The lowest BCUT2D eigenvalue weighted by molar-refractivity contribution is -0.152. The number of hydrogen-bond donors (Lipinski definition) is 1. The van der Waals surface area contributed by atoms with Crippen LogP contribution in [0.4, 0.5) is 0 Å². The molecule has 1 aliphatic rings. The predicted octanol–water partition coefficient (Wildman–Crippen LogP) is 2.57. The number of rotatable bonds is 5. The Morgan fingerprint density at radius 3 is 2.73 bits per heavy atom. The lowest BCUT2D eigenvalue weighted by atomic mass is 9.76. The van der Waals surface area contributed by atoms with Gasteiger partial charge in [0.2, 0.25) is 0 Å². The Morgan fingerprint density at radius 2 is 2.18 bits per heavy atom. The molecule has 0 unspecified atom stereocenters. The van der Waals surface area contributed by atoms with Crippen molar-refractivity contribution in [3.63, 3.8) is 0 Å².